The van der Waals surface area contributed by atoms with Gasteiger partial charge in [0.25, 0.3) is 0 Å². The zero-order chi connectivity index (χ0) is 14.8. The molecule has 0 fully saturated rings. The quantitative estimate of drug-likeness (QED) is 0.882. The van der Waals surface area contributed by atoms with Crippen LogP contribution < -0.4 is 10.5 Å². The van der Waals surface area contributed by atoms with Gasteiger partial charge in [-0.05, 0) is 35.2 Å². The van der Waals surface area contributed by atoms with E-state index in [2.05, 4.69) is 32.9 Å². The molecule has 1 aromatic carbocycles. The average molecular weight is 310 g/mol. The molecule has 0 saturated heterocycles. The van der Waals surface area contributed by atoms with Crippen molar-refractivity contribution in [2.75, 3.05) is 6.54 Å². The molecule has 1 atom stereocenters. The van der Waals surface area contributed by atoms with Gasteiger partial charge in [0.2, 0.25) is 0 Å². The second-order valence-corrected chi connectivity index (χ2v) is 7.51. The molecule has 1 heterocycles. The highest BCUT2D eigenvalue weighted by Crippen LogP contribution is 2.31. The van der Waals surface area contributed by atoms with Crippen molar-refractivity contribution in [3.63, 3.8) is 0 Å². The predicted molar refractivity (Wildman–Crippen MR) is 86.9 cm³/mol. The number of rotatable bonds is 4. The fourth-order valence-electron chi connectivity index (χ4n) is 1.92. The van der Waals surface area contributed by atoms with E-state index in [9.17, 15) is 0 Å². The topological polar surface area (TPSA) is 35.2 Å². The van der Waals surface area contributed by atoms with Gasteiger partial charge in [0.15, 0.2) is 0 Å². The largest absolute Gasteiger partial charge is 0.484 e. The van der Waals surface area contributed by atoms with Gasteiger partial charge < -0.3 is 10.5 Å². The van der Waals surface area contributed by atoms with Crippen LogP contribution in [-0.4, -0.2) is 6.54 Å². The van der Waals surface area contributed by atoms with Crippen LogP contribution in [0.25, 0.3) is 0 Å². The van der Waals surface area contributed by atoms with E-state index in [0.717, 1.165) is 15.0 Å². The van der Waals surface area contributed by atoms with Crippen LogP contribution in [0.3, 0.4) is 0 Å². The van der Waals surface area contributed by atoms with Crippen molar-refractivity contribution < 1.29 is 4.74 Å². The van der Waals surface area contributed by atoms with Crippen molar-refractivity contribution >= 4 is 22.9 Å². The standard InChI is InChI=1S/C16H20ClNOS/c1-16(2,3)11-5-4-6-12(9-11)19-13(10-18)14-7-8-15(17)20-14/h4-9,13H,10,18H2,1-3H3. The summed E-state index contributed by atoms with van der Waals surface area (Å²) < 4.78 is 6.78. The normalized spacial score (nSPS) is 13.2. The van der Waals surface area contributed by atoms with E-state index in [4.69, 9.17) is 22.1 Å². The van der Waals surface area contributed by atoms with Gasteiger partial charge in [0.1, 0.15) is 11.9 Å². The Morgan fingerprint density at radius 3 is 2.55 bits per heavy atom. The maximum Gasteiger partial charge on any atom is 0.145 e. The lowest BCUT2D eigenvalue weighted by Crippen LogP contribution is -2.18. The molecule has 0 saturated carbocycles. The van der Waals surface area contributed by atoms with Crippen LogP contribution in [0.5, 0.6) is 5.75 Å². The van der Waals surface area contributed by atoms with Crippen LogP contribution in [0.1, 0.15) is 37.3 Å². The molecule has 2 nitrogen and oxygen atoms in total. The number of ether oxygens (including phenoxy) is 1. The minimum atomic E-state index is -0.150. The van der Waals surface area contributed by atoms with Crippen molar-refractivity contribution in [1.29, 1.82) is 0 Å². The number of nitrogens with two attached hydrogens (primary N) is 1. The van der Waals surface area contributed by atoms with Gasteiger partial charge in [0, 0.05) is 11.4 Å². The third kappa shape index (κ3) is 3.75. The van der Waals surface area contributed by atoms with Gasteiger partial charge in [-0.1, -0.05) is 44.5 Å². The van der Waals surface area contributed by atoms with Gasteiger partial charge in [-0.3, -0.25) is 0 Å². The highest BCUT2D eigenvalue weighted by atomic mass is 35.5. The maximum absolute atomic E-state index is 6.03. The number of hydrogen-bond acceptors (Lipinski definition) is 3. The first-order valence-electron chi connectivity index (χ1n) is 6.62. The van der Waals surface area contributed by atoms with Crippen LogP contribution in [0.4, 0.5) is 0 Å². The van der Waals surface area contributed by atoms with E-state index in [-0.39, 0.29) is 11.5 Å². The highest BCUT2D eigenvalue weighted by Gasteiger charge is 2.17. The molecule has 2 rings (SSSR count). The third-order valence-electron chi connectivity index (χ3n) is 3.10. The monoisotopic (exact) mass is 309 g/mol. The lowest BCUT2D eigenvalue weighted by Gasteiger charge is -2.21. The highest BCUT2D eigenvalue weighted by molar-refractivity contribution is 7.16. The van der Waals surface area contributed by atoms with E-state index in [1.807, 2.05) is 24.3 Å². The molecule has 2 aromatic rings. The smallest absolute Gasteiger partial charge is 0.145 e. The Balaban J connectivity index is 2.20. The number of halogens is 1. The molecule has 1 unspecified atom stereocenters. The summed E-state index contributed by atoms with van der Waals surface area (Å²) >= 11 is 7.48. The summed E-state index contributed by atoms with van der Waals surface area (Å²) in [6, 6.07) is 12.0. The molecule has 0 aliphatic rings. The molecule has 108 valence electrons. The van der Waals surface area contributed by atoms with E-state index in [0.29, 0.717) is 6.54 Å². The van der Waals surface area contributed by atoms with Crippen molar-refractivity contribution in [2.24, 2.45) is 5.73 Å². The predicted octanol–water partition coefficient (Wildman–Crippen LogP) is 4.78. The Kier molecular flexibility index (Phi) is 4.74. The van der Waals surface area contributed by atoms with Crippen LogP contribution in [0.2, 0.25) is 4.34 Å². The molecular formula is C16H20ClNOS. The van der Waals surface area contributed by atoms with Crippen molar-refractivity contribution in [2.45, 2.75) is 32.3 Å². The lowest BCUT2D eigenvalue weighted by molar-refractivity contribution is 0.217. The van der Waals surface area contributed by atoms with Gasteiger partial charge in [0.05, 0.1) is 4.34 Å². The average Bonchev–Trinajstić information content (AvgIpc) is 2.82. The second-order valence-electron chi connectivity index (χ2n) is 5.76. The summed E-state index contributed by atoms with van der Waals surface area (Å²) in [5.41, 5.74) is 7.17. The second kappa shape index (κ2) is 6.17. The molecule has 0 radical (unpaired) electrons. The fraction of sp³-hybridized carbons (Fsp3) is 0.375. The van der Waals surface area contributed by atoms with Gasteiger partial charge in [-0.2, -0.15) is 0 Å². The molecule has 0 aliphatic carbocycles. The molecule has 0 spiro atoms. The molecule has 0 amide bonds. The van der Waals surface area contributed by atoms with Crippen molar-refractivity contribution in [3.05, 3.63) is 51.2 Å². The Labute approximate surface area is 129 Å². The molecule has 0 aliphatic heterocycles. The van der Waals surface area contributed by atoms with Gasteiger partial charge >= 0.3 is 0 Å². The maximum atomic E-state index is 6.03. The van der Waals surface area contributed by atoms with Crippen LogP contribution in [0.15, 0.2) is 36.4 Å². The minimum Gasteiger partial charge on any atom is -0.484 e. The van der Waals surface area contributed by atoms with Gasteiger partial charge in [-0.25, -0.2) is 0 Å². The van der Waals surface area contributed by atoms with E-state index >= 15 is 0 Å². The molecule has 2 N–H and O–H groups in total. The SMILES string of the molecule is CC(C)(C)c1cccc(OC(CN)c2ccc(Cl)s2)c1. The molecule has 0 bridgehead atoms. The summed E-state index contributed by atoms with van der Waals surface area (Å²) in [5.74, 6) is 0.845. The summed E-state index contributed by atoms with van der Waals surface area (Å²) in [4.78, 5) is 1.05. The van der Waals surface area contributed by atoms with E-state index < -0.39 is 0 Å². The van der Waals surface area contributed by atoms with Crippen molar-refractivity contribution in [3.8, 4) is 5.75 Å². The third-order valence-corrected chi connectivity index (χ3v) is 4.43. The van der Waals surface area contributed by atoms with Crippen molar-refractivity contribution in [1.82, 2.24) is 0 Å². The molecule has 4 heteroatoms. The first-order valence-corrected chi connectivity index (χ1v) is 7.82. The van der Waals surface area contributed by atoms with Gasteiger partial charge in [-0.15, -0.1) is 11.3 Å². The Hall–Kier alpha value is -1.03. The zero-order valence-electron chi connectivity index (χ0n) is 12.0. The summed E-state index contributed by atoms with van der Waals surface area (Å²) in [5, 5.41) is 0. The molecular weight excluding hydrogens is 290 g/mol. The van der Waals surface area contributed by atoms with E-state index in [1.54, 1.807) is 0 Å². The molecule has 1 aromatic heterocycles. The molecule has 20 heavy (non-hydrogen) atoms. The summed E-state index contributed by atoms with van der Waals surface area (Å²) in [7, 11) is 0. The number of benzene rings is 1. The van der Waals surface area contributed by atoms with E-state index in [1.165, 1.54) is 16.9 Å². The Morgan fingerprint density at radius 2 is 2.00 bits per heavy atom. The first kappa shape index (κ1) is 15.4. The van der Waals surface area contributed by atoms with Crippen LogP contribution in [-0.2, 0) is 5.41 Å². The fourth-order valence-corrected chi connectivity index (χ4v) is 3.03. The number of hydrogen-bond donors (Lipinski definition) is 1. The Bertz CT molecular complexity index is 574. The first-order chi connectivity index (χ1) is 9.40. The minimum absolute atomic E-state index is 0.101. The Morgan fingerprint density at radius 1 is 1.25 bits per heavy atom. The summed E-state index contributed by atoms with van der Waals surface area (Å²) in [6.45, 7) is 6.99. The van der Waals surface area contributed by atoms with Crippen LogP contribution in [0, 0.1) is 0 Å². The van der Waals surface area contributed by atoms with Crippen LogP contribution >= 0.6 is 22.9 Å². The lowest BCUT2D eigenvalue weighted by atomic mass is 9.87. The number of thiophene rings is 1. The zero-order valence-corrected chi connectivity index (χ0v) is 13.6. The summed E-state index contributed by atoms with van der Waals surface area (Å²) in [6.07, 6.45) is -0.150.